The number of nitrogens with zero attached hydrogens (tertiary/aromatic N) is 2. The zero-order chi connectivity index (χ0) is 11.5. The van der Waals surface area contributed by atoms with Crippen LogP contribution < -0.4 is 5.32 Å². The summed E-state index contributed by atoms with van der Waals surface area (Å²) in [6.45, 7) is 0.145. The van der Waals surface area contributed by atoms with Crippen LogP contribution in [0.25, 0.3) is 0 Å². The van der Waals surface area contributed by atoms with Gasteiger partial charge in [0.1, 0.15) is 6.54 Å². The number of terminal acetylenes is 1. The fraction of sp³-hybridized carbons (Fsp3) is 0.444. The summed E-state index contributed by atoms with van der Waals surface area (Å²) in [4.78, 5) is 0. The predicted molar refractivity (Wildman–Crippen MR) is 48.8 cm³/mol. The van der Waals surface area contributed by atoms with E-state index in [2.05, 4.69) is 16.3 Å². The molecule has 82 valence electrons. The van der Waals surface area contributed by atoms with Crippen molar-refractivity contribution in [1.29, 1.82) is 0 Å². The number of alkyl halides is 3. The van der Waals surface area contributed by atoms with Gasteiger partial charge in [0.25, 0.3) is 0 Å². The van der Waals surface area contributed by atoms with Crippen LogP contribution in [0.3, 0.4) is 0 Å². The number of hydrogen-bond acceptors (Lipinski definition) is 2. The Morgan fingerprint density at radius 2 is 2.27 bits per heavy atom. The maximum Gasteiger partial charge on any atom is 0.435 e. The second-order valence-corrected chi connectivity index (χ2v) is 2.93. The van der Waals surface area contributed by atoms with Crippen molar-refractivity contribution in [2.75, 3.05) is 7.05 Å². The lowest BCUT2D eigenvalue weighted by Crippen LogP contribution is -2.13. The van der Waals surface area contributed by atoms with Crippen molar-refractivity contribution in [1.82, 2.24) is 15.1 Å². The summed E-state index contributed by atoms with van der Waals surface area (Å²) in [5.41, 5.74) is -0.785. The van der Waals surface area contributed by atoms with Crippen LogP contribution in [0.1, 0.15) is 11.3 Å². The highest BCUT2D eigenvalue weighted by Gasteiger charge is 2.36. The predicted octanol–water partition coefficient (Wildman–Crippen LogP) is 1.25. The van der Waals surface area contributed by atoms with Gasteiger partial charge in [0.2, 0.25) is 0 Å². The van der Waals surface area contributed by atoms with Gasteiger partial charge in [-0.15, -0.1) is 6.42 Å². The van der Waals surface area contributed by atoms with Crippen molar-refractivity contribution in [3.8, 4) is 12.3 Å². The van der Waals surface area contributed by atoms with Crippen LogP contribution in [0.5, 0.6) is 0 Å². The van der Waals surface area contributed by atoms with E-state index in [1.807, 2.05) is 0 Å². The first-order valence-electron chi connectivity index (χ1n) is 4.20. The van der Waals surface area contributed by atoms with Crippen molar-refractivity contribution in [3.05, 3.63) is 17.5 Å². The van der Waals surface area contributed by atoms with Crippen LogP contribution in [0.2, 0.25) is 0 Å². The van der Waals surface area contributed by atoms with Gasteiger partial charge in [-0.2, -0.15) is 18.3 Å². The molecule has 0 fully saturated rings. The van der Waals surface area contributed by atoms with Crippen molar-refractivity contribution < 1.29 is 13.2 Å². The Hall–Kier alpha value is -1.48. The van der Waals surface area contributed by atoms with Crippen LogP contribution in [0.15, 0.2) is 6.20 Å². The second kappa shape index (κ2) is 4.36. The molecule has 6 heteroatoms. The summed E-state index contributed by atoms with van der Waals surface area (Å²) in [7, 11) is 1.57. The Bertz CT molecular complexity index is 373. The quantitative estimate of drug-likeness (QED) is 0.772. The minimum atomic E-state index is -4.44. The first-order valence-corrected chi connectivity index (χ1v) is 4.20. The first-order chi connectivity index (χ1) is 6.99. The average molecular weight is 217 g/mol. The molecular weight excluding hydrogens is 207 g/mol. The molecule has 0 amide bonds. The Morgan fingerprint density at radius 3 is 2.73 bits per heavy atom. The van der Waals surface area contributed by atoms with E-state index < -0.39 is 11.9 Å². The molecule has 0 unspecified atom stereocenters. The second-order valence-electron chi connectivity index (χ2n) is 2.93. The molecule has 0 radical (unpaired) electrons. The Balaban J connectivity index is 3.07. The van der Waals surface area contributed by atoms with Crippen LogP contribution in [-0.4, -0.2) is 16.8 Å². The maximum atomic E-state index is 12.5. The number of nitrogens with one attached hydrogen (secondary N) is 1. The van der Waals surface area contributed by atoms with E-state index in [4.69, 9.17) is 6.42 Å². The molecule has 0 atom stereocenters. The Morgan fingerprint density at radius 1 is 1.60 bits per heavy atom. The lowest BCUT2D eigenvalue weighted by molar-refractivity contribution is -0.142. The van der Waals surface area contributed by atoms with Crippen LogP contribution in [0, 0.1) is 12.3 Å². The molecular formula is C9H10F3N3. The van der Waals surface area contributed by atoms with E-state index in [1.54, 1.807) is 7.05 Å². The van der Waals surface area contributed by atoms with E-state index in [0.717, 1.165) is 4.68 Å². The molecule has 1 aromatic rings. The summed E-state index contributed by atoms with van der Waals surface area (Å²) in [6.07, 6.45) is 1.86. The van der Waals surface area contributed by atoms with Gasteiger partial charge in [-0.3, -0.25) is 4.68 Å². The van der Waals surface area contributed by atoms with Crippen molar-refractivity contribution in [3.63, 3.8) is 0 Å². The van der Waals surface area contributed by atoms with Gasteiger partial charge in [0, 0.05) is 18.3 Å². The van der Waals surface area contributed by atoms with Crippen LogP contribution in [0.4, 0.5) is 13.2 Å². The number of hydrogen-bond donors (Lipinski definition) is 1. The maximum absolute atomic E-state index is 12.5. The fourth-order valence-electron chi connectivity index (χ4n) is 1.20. The zero-order valence-corrected chi connectivity index (χ0v) is 8.10. The number of aromatic nitrogens is 2. The van der Waals surface area contributed by atoms with E-state index >= 15 is 0 Å². The molecule has 3 nitrogen and oxygen atoms in total. The molecule has 15 heavy (non-hydrogen) atoms. The lowest BCUT2D eigenvalue weighted by Gasteiger charge is -2.04. The monoisotopic (exact) mass is 217 g/mol. The summed E-state index contributed by atoms with van der Waals surface area (Å²) >= 11 is 0. The Kier molecular flexibility index (Phi) is 3.37. The SMILES string of the molecule is C#CCn1cc(CNC)c(C(F)(F)F)n1. The minimum Gasteiger partial charge on any atom is -0.316 e. The average Bonchev–Trinajstić information content (AvgIpc) is 2.49. The van der Waals surface area contributed by atoms with Crippen molar-refractivity contribution in [2.24, 2.45) is 0 Å². The third kappa shape index (κ3) is 2.73. The minimum absolute atomic E-state index is 0.0345. The van der Waals surface area contributed by atoms with Gasteiger partial charge >= 0.3 is 6.18 Å². The van der Waals surface area contributed by atoms with Gasteiger partial charge in [0.05, 0.1) is 0 Å². The first kappa shape index (κ1) is 11.6. The molecule has 0 saturated carbocycles. The molecule has 1 heterocycles. The highest BCUT2D eigenvalue weighted by molar-refractivity contribution is 5.20. The van der Waals surface area contributed by atoms with E-state index in [9.17, 15) is 13.2 Å². The summed E-state index contributed by atoms with van der Waals surface area (Å²) in [5, 5.41) is 6.05. The van der Waals surface area contributed by atoms with Gasteiger partial charge in [0.15, 0.2) is 5.69 Å². The van der Waals surface area contributed by atoms with Gasteiger partial charge < -0.3 is 5.32 Å². The smallest absolute Gasteiger partial charge is 0.316 e. The van der Waals surface area contributed by atoms with E-state index in [0.29, 0.717) is 0 Å². The summed E-state index contributed by atoms with van der Waals surface area (Å²) in [6, 6.07) is 0. The standard InChI is InChI=1S/C9H10F3N3/c1-3-4-15-6-7(5-13-2)8(14-15)9(10,11)12/h1,6,13H,4-5H2,2H3. The fourth-order valence-corrected chi connectivity index (χ4v) is 1.20. The van der Waals surface area contributed by atoms with Gasteiger partial charge in [-0.05, 0) is 7.05 Å². The summed E-state index contributed by atoms with van der Waals surface area (Å²) < 4.78 is 38.5. The van der Waals surface area contributed by atoms with Crippen molar-refractivity contribution >= 4 is 0 Å². The molecule has 0 aliphatic rings. The van der Waals surface area contributed by atoms with Crippen LogP contribution >= 0.6 is 0 Å². The normalized spacial score (nSPS) is 11.4. The van der Waals surface area contributed by atoms with E-state index in [1.165, 1.54) is 6.20 Å². The molecule has 0 saturated heterocycles. The lowest BCUT2D eigenvalue weighted by atomic mass is 10.2. The van der Waals surface area contributed by atoms with Gasteiger partial charge in [-0.25, -0.2) is 0 Å². The topological polar surface area (TPSA) is 29.9 Å². The summed E-state index contributed by atoms with van der Waals surface area (Å²) in [5.74, 6) is 2.23. The number of rotatable bonds is 3. The van der Waals surface area contributed by atoms with E-state index in [-0.39, 0.29) is 18.7 Å². The molecule has 1 aromatic heterocycles. The largest absolute Gasteiger partial charge is 0.435 e. The number of halogens is 3. The Labute approximate surface area is 85.3 Å². The van der Waals surface area contributed by atoms with Gasteiger partial charge in [-0.1, -0.05) is 5.92 Å². The molecule has 0 aromatic carbocycles. The van der Waals surface area contributed by atoms with Crippen molar-refractivity contribution in [2.45, 2.75) is 19.3 Å². The molecule has 0 spiro atoms. The highest BCUT2D eigenvalue weighted by atomic mass is 19.4. The molecule has 0 aliphatic heterocycles. The molecule has 1 N–H and O–H groups in total. The molecule has 0 bridgehead atoms. The molecule has 1 rings (SSSR count). The zero-order valence-electron chi connectivity index (χ0n) is 8.10. The third-order valence-corrected chi connectivity index (χ3v) is 1.73. The third-order valence-electron chi connectivity index (χ3n) is 1.73. The van der Waals surface area contributed by atoms with Crippen LogP contribution in [-0.2, 0) is 19.3 Å². The highest BCUT2D eigenvalue weighted by Crippen LogP contribution is 2.30. The molecule has 0 aliphatic carbocycles.